The fraction of sp³-hybridized carbons (Fsp3) is 0.636. The van der Waals surface area contributed by atoms with Gasteiger partial charge in [0.15, 0.2) is 4.67 Å². The number of rotatable bonds is 4. The predicted molar refractivity (Wildman–Crippen MR) is 63.0 cm³/mol. The SMILES string of the molecule is NNC(CC1CCCC1)c1ccoc1Br. The van der Waals surface area contributed by atoms with Crippen molar-refractivity contribution >= 4 is 15.9 Å². The number of hydrogen-bond acceptors (Lipinski definition) is 3. The average molecular weight is 273 g/mol. The van der Waals surface area contributed by atoms with Crippen molar-refractivity contribution in [3.8, 4) is 0 Å². The minimum absolute atomic E-state index is 0.209. The van der Waals surface area contributed by atoms with E-state index < -0.39 is 0 Å². The minimum Gasteiger partial charge on any atom is -0.457 e. The van der Waals surface area contributed by atoms with Crippen molar-refractivity contribution in [2.75, 3.05) is 0 Å². The molecular weight excluding hydrogens is 256 g/mol. The van der Waals surface area contributed by atoms with E-state index in [9.17, 15) is 0 Å². The first-order valence-electron chi connectivity index (χ1n) is 5.50. The van der Waals surface area contributed by atoms with Crippen LogP contribution in [0.25, 0.3) is 0 Å². The highest BCUT2D eigenvalue weighted by atomic mass is 79.9. The number of hydrogen-bond donors (Lipinski definition) is 2. The molecule has 84 valence electrons. The van der Waals surface area contributed by atoms with Crippen LogP contribution in [0, 0.1) is 5.92 Å². The molecule has 1 saturated carbocycles. The molecule has 0 bridgehead atoms. The van der Waals surface area contributed by atoms with E-state index in [0.717, 1.165) is 22.6 Å². The van der Waals surface area contributed by atoms with Crippen molar-refractivity contribution in [3.05, 3.63) is 22.6 Å². The van der Waals surface area contributed by atoms with Crippen LogP contribution in [0.2, 0.25) is 0 Å². The van der Waals surface area contributed by atoms with Gasteiger partial charge in [0, 0.05) is 5.56 Å². The van der Waals surface area contributed by atoms with Crippen molar-refractivity contribution in [1.82, 2.24) is 5.43 Å². The Kier molecular flexibility index (Phi) is 3.83. The Balaban J connectivity index is 2.00. The molecule has 1 fully saturated rings. The smallest absolute Gasteiger partial charge is 0.173 e. The van der Waals surface area contributed by atoms with Gasteiger partial charge in [-0.15, -0.1) is 0 Å². The van der Waals surface area contributed by atoms with E-state index >= 15 is 0 Å². The van der Waals surface area contributed by atoms with Crippen LogP contribution in [0.4, 0.5) is 0 Å². The summed E-state index contributed by atoms with van der Waals surface area (Å²) >= 11 is 3.39. The van der Waals surface area contributed by atoms with Crippen LogP contribution in [-0.4, -0.2) is 0 Å². The molecule has 1 aliphatic carbocycles. The summed E-state index contributed by atoms with van der Waals surface area (Å²) in [6.45, 7) is 0. The second-order valence-electron chi connectivity index (χ2n) is 4.26. The summed E-state index contributed by atoms with van der Waals surface area (Å²) in [5, 5.41) is 0. The maximum Gasteiger partial charge on any atom is 0.173 e. The van der Waals surface area contributed by atoms with Crippen molar-refractivity contribution in [3.63, 3.8) is 0 Å². The number of halogens is 1. The van der Waals surface area contributed by atoms with Gasteiger partial charge >= 0.3 is 0 Å². The topological polar surface area (TPSA) is 51.2 Å². The number of nitrogens with one attached hydrogen (secondary N) is 1. The maximum atomic E-state index is 5.60. The van der Waals surface area contributed by atoms with E-state index in [1.807, 2.05) is 6.07 Å². The molecule has 0 aromatic carbocycles. The van der Waals surface area contributed by atoms with Gasteiger partial charge in [-0.2, -0.15) is 0 Å². The Morgan fingerprint density at radius 2 is 2.27 bits per heavy atom. The van der Waals surface area contributed by atoms with Crippen LogP contribution >= 0.6 is 15.9 Å². The summed E-state index contributed by atoms with van der Waals surface area (Å²) in [4.78, 5) is 0. The molecule has 1 aromatic rings. The normalized spacial score (nSPS) is 19.6. The summed E-state index contributed by atoms with van der Waals surface area (Å²) in [6.07, 6.45) is 8.22. The minimum atomic E-state index is 0.209. The third-order valence-corrected chi connectivity index (χ3v) is 3.91. The van der Waals surface area contributed by atoms with Gasteiger partial charge in [0.1, 0.15) is 0 Å². The van der Waals surface area contributed by atoms with Crippen molar-refractivity contribution in [1.29, 1.82) is 0 Å². The third kappa shape index (κ3) is 2.62. The van der Waals surface area contributed by atoms with Crippen LogP contribution in [0.3, 0.4) is 0 Å². The van der Waals surface area contributed by atoms with Crippen LogP contribution in [0.5, 0.6) is 0 Å². The van der Waals surface area contributed by atoms with E-state index in [4.69, 9.17) is 10.3 Å². The Labute approximate surface area is 98.5 Å². The average Bonchev–Trinajstić information content (AvgIpc) is 2.85. The molecule has 1 aromatic heterocycles. The molecule has 0 spiro atoms. The highest BCUT2D eigenvalue weighted by Gasteiger charge is 2.22. The summed E-state index contributed by atoms with van der Waals surface area (Å²) in [6, 6.07) is 2.19. The monoisotopic (exact) mass is 272 g/mol. The summed E-state index contributed by atoms with van der Waals surface area (Å²) in [5.41, 5.74) is 4.01. The highest BCUT2D eigenvalue weighted by Crippen LogP contribution is 2.35. The van der Waals surface area contributed by atoms with Crippen molar-refractivity contribution < 1.29 is 4.42 Å². The molecule has 1 aliphatic rings. The molecule has 0 amide bonds. The second kappa shape index (κ2) is 5.14. The van der Waals surface area contributed by atoms with Gasteiger partial charge in [0.2, 0.25) is 0 Å². The lowest BCUT2D eigenvalue weighted by molar-refractivity contribution is 0.395. The van der Waals surface area contributed by atoms with Crippen LogP contribution < -0.4 is 11.3 Å². The summed E-state index contributed by atoms with van der Waals surface area (Å²) < 4.78 is 6.03. The van der Waals surface area contributed by atoms with Gasteiger partial charge in [-0.25, -0.2) is 0 Å². The Morgan fingerprint density at radius 1 is 1.53 bits per heavy atom. The van der Waals surface area contributed by atoms with E-state index in [2.05, 4.69) is 21.4 Å². The Hall–Kier alpha value is -0.320. The predicted octanol–water partition coefficient (Wildman–Crippen LogP) is 3.13. The van der Waals surface area contributed by atoms with Gasteiger partial charge in [0.25, 0.3) is 0 Å². The van der Waals surface area contributed by atoms with Crippen LogP contribution in [0.15, 0.2) is 21.4 Å². The van der Waals surface area contributed by atoms with E-state index in [0.29, 0.717) is 0 Å². The van der Waals surface area contributed by atoms with Crippen LogP contribution in [0.1, 0.15) is 43.7 Å². The fourth-order valence-corrected chi connectivity index (χ4v) is 2.93. The molecule has 1 heterocycles. The molecular formula is C11H17BrN2O. The molecule has 1 atom stereocenters. The first kappa shape index (κ1) is 11.2. The van der Waals surface area contributed by atoms with E-state index in [1.54, 1.807) is 6.26 Å². The Bertz CT molecular complexity index is 307. The third-order valence-electron chi connectivity index (χ3n) is 3.27. The lowest BCUT2D eigenvalue weighted by Gasteiger charge is -2.18. The highest BCUT2D eigenvalue weighted by molar-refractivity contribution is 9.10. The van der Waals surface area contributed by atoms with Gasteiger partial charge in [0.05, 0.1) is 12.3 Å². The largest absolute Gasteiger partial charge is 0.457 e. The van der Waals surface area contributed by atoms with Gasteiger partial charge in [-0.1, -0.05) is 25.7 Å². The number of furan rings is 1. The molecule has 1 unspecified atom stereocenters. The maximum absolute atomic E-state index is 5.60. The molecule has 0 saturated heterocycles. The molecule has 0 aliphatic heterocycles. The van der Waals surface area contributed by atoms with Crippen molar-refractivity contribution in [2.24, 2.45) is 11.8 Å². The zero-order valence-electron chi connectivity index (χ0n) is 8.71. The van der Waals surface area contributed by atoms with Gasteiger partial charge in [-0.05, 0) is 34.3 Å². The first-order chi connectivity index (χ1) is 7.31. The standard InChI is InChI=1S/C11H17BrN2O/c12-11-9(5-6-15-11)10(14-13)7-8-3-1-2-4-8/h5-6,8,10,14H,1-4,7,13H2. The van der Waals surface area contributed by atoms with Crippen LogP contribution in [-0.2, 0) is 0 Å². The molecule has 2 rings (SSSR count). The molecule has 15 heavy (non-hydrogen) atoms. The zero-order valence-corrected chi connectivity index (χ0v) is 10.3. The molecule has 3 N–H and O–H groups in total. The lowest BCUT2D eigenvalue weighted by Crippen LogP contribution is -2.29. The first-order valence-corrected chi connectivity index (χ1v) is 6.29. The van der Waals surface area contributed by atoms with Gasteiger partial charge < -0.3 is 4.42 Å². The van der Waals surface area contributed by atoms with E-state index in [-0.39, 0.29) is 6.04 Å². The van der Waals surface area contributed by atoms with Crippen molar-refractivity contribution in [2.45, 2.75) is 38.1 Å². The quantitative estimate of drug-likeness (QED) is 0.654. The number of nitrogens with two attached hydrogens (primary N) is 1. The lowest BCUT2D eigenvalue weighted by atomic mass is 9.95. The number of hydrazine groups is 1. The summed E-state index contributed by atoms with van der Waals surface area (Å²) in [5.74, 6) is 6.41. The summed E-state index contributed by atoms with van der Waals surface area (Å²) in [7, 11) is 0. The molecule has 3 nitrogen and oxygen atoms in total. The second-order valence-corrected chi connectivity index (χ2v) is 4.98. The fourth-order valence-electron chi connectivity index (χ4n) is 2.42. The Morgan fingerprint density at radius 3 is 2.80 bits per heavy atom. The molecule has 4 heteroatoms. The van der Waals surface area contributed by atoms with E-state index in [1.165, 1.54) is 25.7 Å². The molecule has 0 radical (unpaired) electrons. The van der Waals surface area contributed by atoms with Gasteiger partial charge in [-0.3, -0.25) is 11.3 Å². The zero-order chi connectivity index (χ0) is 10.7.